The highest BCUT2D eigenvalue weighted by atomic mass is 32.2. The van der Waals surface area contributed by atoms with Crippen LogP contribution in [0.3, 0.4) is 0 Å². The third kappa shape index (κ3) is 2.98. The van der Waals surface area contributed by atoms with Crippen molar-refractivity contribution in [1.29, 1.82) is 0 Å². The van der Waals surface area contributed by atoms with Gasteiger partial charge in [0.05, 0.1) is 17.3 Å². The molecule has 0 atom stereocenters. The van der Waals surface area contributed by atoms with Crippen LogP contribution in [-0.4, -0.2) is 36.5 Å². The number of hydrogen-bond acceptors (Lipinski definition) is 8. The predicted octanol–water partition coefficient (Wildman–Crippen LogP) is 2.25. The van der Waals surface area contributed by atoms with E-state index in [0.717, 1.165) is 38.6 Å². The van der Waals surface area contributed by atoms with E-state index in [1.165, 1.54) is 0 Å². The second-order valence-electron chi connectivity index (χ2n) is 4.40. The van der Waals surface area contributed by atoms with Gasteiger partial charge in [-0.05, 0) is 13.8 Å². The quantitative estimate of drug-likeness (QED) is 0.722. The fraction of sp³-hybridized carbons (Fsp3) is 0.417. The second-order valence-corrected chi connectivity index (χ2v) is 6.80. The molecule has 1 N–H and O–H groups in total. The number of nitrogens with one attached hydrogen (secondary N) is 1. The van der Waals surface area contributed by atoms with Crippen molar-refractivity contribution in [3.05, 3.63) is 17.0 Å². The summed E-state index contributed by atoms with van der Waals surface area (Å²) in [5, 5.41) is 17.5. The predicted molar refractivity (Wildman–Crippen MR) is 84.7 cm³/mol. The number of aryl methyl sites for hydroxylation is 2. The molecular formula is C12H15N7S2. The molecule has 7 nitrogen and oxygen atoms in total. The molecule has 0 aliphatic rings. The Bertz CT molecular complexity index is 764. The van der Waals surface area contributed by atoms with Crippen LogP contribution in [0.5, 0.6) is 0 Å². The fourth-order valence-corrected chi connectivity index (χ4v) is 3.57. The lowest BCUT2D eigenvalue weighted by atomic mass is 10.4. The van der Waals surface area contributed by atoms with Crippen molar-refractivity contribution in [2.75, 3.05) is 11.9 Å². The van der Waals surface area contributed by atoms with Gasteiger partial charge in [-0.2, -0.15) is 5.10 Å². The van der Waals surface area contributed by atoms with Gasteiger partial charge >= 0.3 is 0 Å². The highest BCUT2D eigenvalue weighted by Gasteiger charge is 2.12. The van der Waals surface area contributed by atoms with E-state index in [1.54, 1.807) is 34.0 Å². The van der Waals surface area contributed by atoms with Gasteiger partial charge in [0.25, 0.3) is 0 Å². The van der Waals surface area contributed by atoms with Crippen LogP contribution in [0.25, 0.3) is 11.0 Å². The third-order valence-electron chi connectivity index (χ3n) is 2.81. The summed E-state index contributed by atoms with van der Waals surface area (Å²) in [6.07, 6.45) is 1.79. The number of fused-ring (bicyclic) bond motifs is 1. The average molecular weight is 321 g/mol. The molecule has 3 rings (SSSR count). The number of rotatable bonds is 5. The smallest absolute Gasteiger partial charge is 0.174 e. The Hall–Kier alpha value is -1.74. The van der Waals surface area contributed by atoms with E-state index in [2.05, 4.69) is 30.6 Å². The first-order valence-electron chi connectivity index (χ1n) is 6.52. The summed E-state index contributed by atoms with van der Waals surface area (Å²) in [7, 11) is 1.89. The summed E-state index contributed by atoms with van der Waals surface area (Å²) in [6.45, 7) is 4.80. The first kappa shape index (κ1) is 14.2. The van der Waals surface area contributed by atoms with E-state index >= 15 is 0 Å². The summed E-state index contributed by atoms with van der Waals surface area (Å²) < 4.78 is 2.70. The average Bonchev–Trinajstić information content (AvgIpc) is 3.04. The van der Waals surface area contributed by atoms with E-state index in [4.69, 9.17) is 0 Å². The van der Waals surface area contributed by atoms with Gasteiger partial charge in [0, 0.05) is 13.6 Å². The lowest BCUT2D eigenvalue weighted by molar-refractivity contribution is 0.782. The van der Waals surface area contributed by atoms with Crippen LogP contribution in [0.4, 0.5) is 5.82 Å². The molecule has 0 unspecified atom stereocenters. The topological polar surface area (TPSA) is 81.4 Å². The summed E-state index contributed by atoms with van der Waals surface area (Å²) in [5.74, 6) is 2.26. The molecular weight excluding hydrogens is 306 g/mol. The Morgan fingerprint density at radius 2 is 2.19 bits per heavy atom. The standard InChI is InChI=1S/C12H15N7S2/c1-4-13-10-8-5-14-19(3)11(8)16-9(15-10)6-20-12-18-17-7(2)21-12/h5H,4,6H2,1-3H3,(H,13,15,16). The van der Waals surface area contributed by atoms with Crippen molar-refractivity contribution in [3.63, 3.8) is 0 Å². The van der Waals surface area contributed by atoms with Crippen molar-refractivity contribution in [3.8, 4) is 0 Å². The van der Waals surface area contributed by atoms with E-state index in [9.17, 15) is 0 Å². The zero-order valence-corrected chi connectivity index (χ0v) is 13.6. The minimum atomic E-state index is 0.661. The number of thioether (sulfide) groups is 1. The highest BCUT2D eigenvalue weighted by Crippen LogP contribution is 2.26. The number of anilines is 1. The van der Waals surface area contributed by atoms with Crippen LogP contribution in [0, 0.1) is 6.92 Å². The molecule has 0 aromatic carbocycles. The van der Waals surface area contributed by atoms with Crippen molar-refractivity contribution >= 4 is 39.9 Å². The van der Waals surface area contributed by atoms with Crippen molar-refractivity contribution in [2.45, 2.75) is 23.9 Å². The second kappa shape index (κ2) is 5.94. The molecule has 0 saturated carbocycles. The van der Waals surface area contributed by atoms with Crippen LogP contribution < -0.4 is 5.32 Å². The zero-order chi connectivity index (χ0) is 14.8. The van der Waals surface area contributed by atoms with Gasteiger partial charge in [-0.15, -0.1) is 10.2 Å². The molecule has 3 heterocycles. The molecule has 0 bridgehead atoms. The molecule has 0 amide bonds. The first-order chi connectivity index (χ1) is 10.2. The van der Waals surface area contributed by atoms with Crippen molar-refractivity contribution in [1.82, 2.24) is 29.9 Å². The minimum absolute atomic E-state index is 0.661. The maximum absolute atomic E-state index is 4.59. The van der Waals surface area contributed by atoms with Gasteiger partial charge in [0.15, 0.2) is 9.99 Å². The monoisotopic (exact) mass is 321 g/mol. The van der Waals surface area contributed by atoms with Crippen molar-refractivity contribution < 1.29 is 0 Å². The van der Waals surface area contributed by atoms with E-state index in [0.29, 0.717) is 5.75 Å². The maximum Gasteiger partial charge on any atom is 0.174 e. The van der Waals surface area contributed by atoms with Crippen LogP contribution in [0.2, 0.25) is 0 Å². The SMILES string of the molecule is CCNc1nc(CSc2nnc(C)s2)nc2c1cnn2C. The summed E-state index contributed by atoms with van der Waals surface area (Å²) in [6, 6.07) is 0. The van der Waals surface area contributed by atoms with Gasteiger partial charge in [-0.3, -0.25) is 4.68 Å². The molecule has 0 radical (unpaired) electrons. The molecule has 21 heavy (non-hydrogen) atoms. The molecule has 0 saturated heterocycles. The normalized spacial score (nSPS) is 11.2. The van der Waals surface area contributed by atoms with E-state index in [1.807, 2.05) is 20.9 Å². The third-order valence-corrected chi connectivity index (χ3v) is 4.78. The van der Waals surface area contributed by atoms with E-state index < -0.39 is 0 Å². The Morgan fingerprint density at radius 1 is 1.33 bits per heavy atom. The van der Waals surface area contributed by atoms with Crippen LogP contribution in [0.1, 0.15) is 17.8 Å². The minimum Gasteiger partial charge on any atom is -0.370 e. The van der Waals surface area contributed by atoms with Gasteiger partial charge in [0.1, 0.15) is 16.6 Å². The van der Waals surface area contributed by atoms with Crippen LogP contribution in [0.15, 0.2) is 10.5 Å². The largest absolute Gasteiger partial charge is 0.370 e. The lowest BCUT2D eigenvalue weighted by Gasteiger charge is -2.06. The number of nitrogens with zero attached hydrogens (tertiary/aromatic N) is 6. The Balaban J connectivity index is 1.89. The number of hydrogen-bond donors (Lipinski definition) is 1. The molecule has 0 aliphatic carbocycles. The first-order valence-corrected chi connectivity index (χ1v) is 8.33. The fourth-order valence-electron chi connectivity index (χ4n) is 1.90. The molecule has 0 fully saturated rings. The molecule has 0 spiro atoms. The summed E-state index contributed by atoms with van der Waals surface area (Å²) in [5.41, 5.74) is 0.838. The Labute approximate surface area is 130 Å². The van der Waals surface area contributed by atoms with Gasteiger partial charge in [-0.1, -0.05) is 23.1 Å². The lowest BCUT2D eigenvalue weighted by Crippen LogP contribution is -2.05. The molecule has 110 valence electrons. The summed E-state index contributed by atoms with van der Waals surface area (Å²) in [4.78, 5) is 9.17. The van der Waals surface area contributed by atoms with Gasteiger partial charge in [-0.25, -0.2) is 9.97 Å². The molecule has 0 aliphatic heterocycles. The van der Waals surface area contributed by atoms with Crippen LogP contribution >= 0.6 is 23.1 Å². The van der Waals surface area contributed by atoms with Gasteiger partial charge < -0.3 is 5.32 Å². The Morgan fingerprint density at radius 3 is 2.90 bits per heavy atom. The highest BCUT2D eigenvalue weighted by molar-refractivity contribution is 8.00. The van der Waals surface area contributed by atoms with Crippen LogP contribution in [-0.2, 0) is 12.8 Å². The molecule has 9 heteroatoms. The van der Waals surface area contributed by atoms with E-state index in [-0.39, 0.29) is 0 Å². The molecule has 3 aromatic rings. The number of aromatic nitrogens is 6. The zero-order valence-electron chi connectivity index (χ0n) is 12.0. The maximum atomic E-state index is 4.59. The molecule has 3 aromatic heterocycles. The summed E-state index contributed by atoms with van der Waals surface area (Å²) >= 11 is 3.18. The van der Waals surface area contributed by atoms with Gasteiger partial charge in [0.2, 0.25) is 0 Å². The van der Waals surface area contributed by atoms with Crippen molar-refractivity contribution in [2.24, 2.45) is 7.05 Å². The Kier molecular flexibility index (Phi) is 4.02.